The second-order valence-electron chi connectivity index (χ2n) is 10.8. The van der Waals surface area contributed by atoms with E-state index in [1.807, 2.05) is 24.3 Å². The number of benzene rings is 3. The molecule has 3 atom stereocenters. The van der Waals surface area contributed by atoms with Crippen LogP contribution in [0.5, 0.6) is 5.75 Å². The van der Waals surface area contributed by atoms with Gasteiger partial charge >= 0.3 is 5.97 Å². The second-order valence-corrected chi connectivity index (χ2v) is 13.4. The van der Waals surface area contributed by atoms with Crippen LogP contribution in [-0.2, 0) is 34.0 Å². The molecule has 7 heteroatoms. The van der Waals surface area contributed by atoms with Gasteiger partial charge in [-0.3, -0.25) is 4.79 Å². The van der Waals surface area contributed by atoms with Crippen LogP contribution < -0.4 is 10.1 Å². The first-order valence-corrected chi connectivity index (χ1v) is 15.8. The Bertz CT molecular complexity index is 1460. The van der Waals surface area contributed by atoms with Crippen molar-refractivity contribution in [2.45, 2.75) is 58.4 Å². The molecule has 1 fully saturated rings. The fourth-order valence-corrected chi connectivity index (χ4v) is 6.51. The molecule has 0 spiro atoms. The van der Waals surface area contributed by atoms with Crippen LogP contribution in [0.2, 0.25) is 0 Å². The quantitative estimate of drug-likeness (QED) is 0.216. The van der Waals surface area contributed by atoms with Gasteiger partial charge in [0.1, 0.15) is 5.75 Å². The molecular formula is C32H38NO5S+. The summed E-state index contributed by atoms with van der Waals surface area (Å²) in [6.45, 7) is 5.02. The summed E-state index contributed by atoms with van der Waals surface area (Å²) in [5, 5.41) is 12.7. The van der Waals surface area contributed by atoms with Gasteiger partial charge in [-0.1, -0.05) is 24.3 Å². The SMILES string of the molecule is CCS(=O)(=[OH+])CCCOc1cc(C)c2c(c1)CCCc1ccc(CNc3ccc(C4C[C@@H]4C(=O)O)cc3)cc1-2. The van der Waals surface area contributed by atoms with Crippen molar-refractivity contribution < 1.29 is 23.1 Å². The van der Waals surface area contributed by atoms with E-state index in [-0.39, 0.29) is 23.3 Å². The van der Waals surface area contributed by atoms with Gasteiger partial charge in [-0.2, -0.15) is 4.21 Å². The third kappa shape index (κ3) is 6.47. The summed E-state index contributed by atoms with van der Waals surface area (Å²) in [6, 6.07) is 19.2. The number of carbonyl (C=O) groups is 1. The molecule has 0 bridgehead atoms. The van der Waals surface area contributed by atoms with Gasteiger partial charge in [-0.25, -0.2) is 4.21 Å². The number of carboxylic acids is 1. The van der Waals surface area contributed by atoms with E-state index in [1.54, 1.807) is 6.92 Å². The lowest BCUT2D eigenvalue weighted by Gasteiger charge is -2.17. The molecule has 3 aromatic rings. The van der Waals surface area contributed by atoms with Crippen LogP contribution >= 0.6 is 0 Å². The molecule has 5 rings (SSSR count). The number of carboxylic acid groups (broad SMARTS) is 1. The number of ether oxygens (including phenoxy) is 1. The Balaban J connectivity index is 1.27. The summed E-state index contributed by atoms with van der Waals surface area (Å²) in [5.74, 6) is 0.600. The highest BCUT2D eigenvalue weighted by Crippen LogP contribution is 2.47. The van der Waals surface area contributed by atoms with Gasteiger partial charge in [0.2, 0.25) is 0 Å². The fraction of sp³-hybridized carbons (Fsp3) is 0.406. The Labute approximate surface area is 231 Å². The number of aliphatic carboxylic acids is 1. The van der Waals surface area contributed by atoms with Crippen molar-refractivity contribution in [1.29, 1.82) is 0 Å². The van der Waals surface area contributed by atoms with Crippen molar-refractivity contribution in [1.82, 2.24) is 0 Å². The molecule has 0 amide bonds. The van der Waals surface area contributed by atoms with Gasteiger partial charge in [-0.05, 0) is 115 Å². The van der Waals surface area contributed by atoms with Crippen LogP contribution in [0.4, 0.5) is 5.69 Å². The Morgan fingerprint density at radius 1 is 1.10 bits per heavy atom. The van der Waals surface area contributed by atoms with Crippen LogP contribution in [-0.4, -0.2) is 37.6 Å². The van der Waals surface area contributed by atoms with Crippen LogP contribution in [0.3, 0.4) is 0 Å². The van der Waals surface area contributed by atoms with Gasteiger partial charge in [0.05, 0.1) is 24.0 Å². The molecule has 6 nitrogen and oxygen atoms in total. The number of rotatable bonds is 11. The highest BCUT2D eigenvalue weighted by atomic mass is 32.2. The number of anilines is 1. The topological polar surface area (TPSA) is 97.0 Å². The highest BCUT2D eigenvalue weighted by molar-refractivity contribution is 7.91. The molecule has 0 heterocycles. The first-order valence-electron chi connectivity index (χ1n) is 13.9. The first kappa shape index (κ1) is 27.3. The highest BCUT2D eigenvalue weighted by Gasteiger charge is 2.44. The summed E-state index contributed by atoms with van der Waals surface area (Å²) in [7, 11) is -2.72. The summed E-state index contributed by atoms with van der Waals surface area (Å²) in [6.07, 6.45) is 4.41. The molecule has 206 valence electrons. The van der Waals surface area contributed by atoms with E-state index in [1.165, 1.54) is 33.4 Å². The van der Waals surface area contributed by atoms with E-state index < -0.39 is 15.8 Å². The largest absolute Gasteiger partial charge is 0.494 e. The summed E-state index contributed by atoms with van der Waals surface area (Å²) >= 11 is 0. The first-order chi connectivity index (χ1) is 18.7. The summed E-state index contributed by atoms with van der Waals surface area (Å²) in [5.41, 5.74) is 9.77. The maximum atomic E-state index is 11.9. The minimum absolute atomic E-state index is 0.148. The molecule has 2 aliphatic carbocycles. The molecule has 0 aromatic heterocycles. The average molecular weight is 549 g/mol. The minimum atomic E-state index is -2.72. The van der Waals surface area contributed by atoms with Gasteiger partial charge in [0.25, 0.3) is 9.84 Å². The van der Waals surface area contributed by atoms with E-state index in [0.29, 0.717) is 19.6 Å². The fourth-order valence-electron chi connectivity index (χ4n) is 5.65. The average Bonchev–Trinajstić information content (AvgIpc) is 3.74. The van der Waals surface area contributed by atoms with Gasteiger partial charge in [0.15, 0.2) is 0 Å². The third-order valence-corrected chi connectivity index (χ3v) is 9.83. The monoisotopic (exact) mass is 548 g/mol. The van der Waals surface area contributed by atoms with Crippen molar-refractivity contribution in [3.05, 3.63) is 82.4 Å². The van der Waals surface area contributed by atoms with Crippen LogP contribution in [0.1, 0.15) is 59.9 Å². The van der Waals surface area contributed by atoms with E-state index in [0.717, 1.165) is 42.7 Å². The third-order valence-electron chi connectivity index (χ3n) is 8.00. The lowest BCUT2D eigenvalue weighted by molar-refractivity contribution is -0.138. The molecule has 1 saturated carbocycles. The van der Waals surface area contributed by atoms with E-state index in [4.69, 9.17) is 4.74 Å². The predicted molar refractivity (Wildman–Crippen MR) is 156 cm³/mol. The Kier molecular flexibility index (Phi) is 7.98. The van der Waals surface area contributed by atoms with Crippen molar-refractivity contribution in [2.24, 2.45) is 5.92 Å². The van der Waals surface area contributed by atoms with Gasteiger partial charge in [-0.15, -0.1) is 0 Å². The van der Waals surface area contributed by atoms with Gasteiger partial charge in [0, 0.05) is 18.7 Å². The lowest BCUT2D eigenvalue weighted by Crippen LogP contribution is -2.11. The van der Waals surface area contributed by atoms with Gasteiger partial charge < -0.3 is 15.2 Å². The zero-order chi connectivity index (χ0) is 27.6. The standard InChI is InChI=1S/C32H37NO5S/c1-3-39(36,37)15-5-14-38-27-16-21(2)31-25(18-27)7-4-6-23-9-8-22(17-29(23)31)20-33-26-12-10-24(11-13-26)28-19-30(28)32(34)35/h8-13,16-18,28,30,33H,3-7,14-15,19-20H2,1-2H3,(H,34,35)/p+1/t28?,30-/m0/s1. The zero-order valence-corrected chi connectivity index (χ0v) is 23.6. The Hall–Kier alpha value is -3.32. The molecule has 0 aliphatic heterocycles. The van der Waals surface area contributed by atoms with E-state index in [9.17, 15) is 18.3 Å². The molecular weight excluding hydrogens is 510 g/mol. The van der Waals surface area contributed by atoms with E-state index in [2.05, 4.69) is 42.6 Å². The number of aryl methyl sites for hydroxylation is 3. The Morgan fingerprint density at radius 2 is 1.87 bits per heavy atom. The summed E-state index contributed by atoms with van der Waals surface area (Å²) in [4.78, 5) is 11.2. The van der Waals surface area contributed by atoms with Crippen molar-refractivity contribution in [3.8, 4) is 16.9 Å². The Morgan fingerprint density at radius 3 is 2.59 bits per heavy atom. The van der Waals surface area contributed by atoms with Crippen LogP contribution in [0.25, 0.3) is 11.1 Å². The molecule has 3 aromatic carbocycles. The molecule has 3 N–H and O–H groups in total. The molecule has 0 saturated heterocycles. The number of nitrogens with one attached hydrogen (secondary N) is 1. The maximum absolute atomic E-state index is 11.9. The van der Waals surface area contributed by atoms with Crippen molar-refractivity contribution >= 4 is 21.5 Å². The number of hydrogen-bond acceptors (Lipinski definition) is 4. The minimum Gasteiger partial charge on any atom is -0.494 e. The van der Waals surface area contributed by atoms with Crippen LogP contribution in [0, 0.1) is 12.8 Å². The molecule has 2 unspecified atom stereocenters. The smallest absolute Gasteiger partial charge is 0.307 e. The predicted octanol–water partition coefficient (Wildman–Crippen LogP) is 6.31. The maximum Gasteiger partial charge on any atom is 0.307 e. The van der Waals surface area contributed by atoms with E-state index >= 15 is 0 Å². The molecule has 39 heavy (non-hydrogen) atoms. The van der Waals surface area contributed by atoms with Crippen molar-refractivity contribution in [2.75, 3.05) is 23.4 Å². The zero-order valence-electron chi connectivity index (χ0n) is 22.7. The molecule has 0 radical (unpaired) electrons. The van der Waals surface area contributed by atoms with Crippen LogP contribution in [0.15, 0.2) is 54.6 Å². The van der Waals surface area contributed by atoms with Crippen molar-refractivity contribution in [3.63, 3.8) is 0 Å². The number of hydrogen-bond donors (Lipinski definition) is 2. The molecule has 2 aliphatic rings. The number of fused-ring (bicyclic) bond motifs is 3. The lowest BCUT2D eigenvalue weighted by atomic mass is 9.91. The normalized spacial score (nSPS) is 19.2. The summed E-state index contributed by atoms with van der Waals surface area (Å²) < 4.78 is 27.7. The second kappa shape index (κ2) is 11.4.